The summed E-state index contributed by atoms with van der Waals surface area (Å²) in [5.41, 5.74) is 20.6. The molecule has 0 aliphatic carbocycles. The number of carbonyl (C=O) groups is 6. The lowest BCUT2D eigenvalue weighted by molar-refractivity contribution is -0.384. The van der Waals surface area contributed by atoms with Crippen LogP contribution in [0.3, 0.4) is 0 Å². The lowest BCUT2D eigenvalue weighted by Gasteiger charge is -2.14. The summed E-state index contributed by atoms with van der Waals surface area (Å²) in [6, 6.07) is 86.6. The maximum Gasteiger partial charge on any atom is 0.337 e. The molecular formula is C122H142N2O15. The van der Waals surface area contributed by atoms with Gasteiger partial charge in [0, 0.05) is 71.2 Å². The number of ether oxygens (including phenoxy) is 7. The molecule has 0 heterocycles. The van der Waals surface area contributed by atoms with E-state index < -0.39 is 4.92 Å². The number of nitro groups is 1. The molecule has 17 nitrogen and oxygen atoms in total. The first-order valence-electron chi connectivity index (χ1n) is 48.4. The fraction of sp³-hybridized carbons (Fsp3) is 0.336. The molecule has 0 atom stereocenters. The number of nitro benzene ring substituents is 1. The Balaban J connectivity index is 0.000000227. The Morgan fingerprint density at radius 3 is 1.03 bits per heavy atom. The molecule has 17 heteroatoms. The molecule has 730 valence electrons. The molecule has 0 N–H and O–H groups in total. The lowest BCUT2D eigenvalue weighted by atomic mass is 9.97. The number of rotatable bonds is 41. The molecule has 0 unspecified atom stereocenters. The second-order valence-electron chi connectivity index (χ2n) is 37.0. The van der Waals surface area contributed by atoms with E-state index in [1.807, 2.05) is 198 Å². The van der Waals surface area contributed by atoms with Gasteiger partial charge in [0.2, 0.25) is 0 Å². The first-order valence-corrected chi connectivity index (χ1v) is 48.4. The summed E-state index contributed by atoms with van der Waals surface area (Å²) < 4.78 is 39.8. The van der Waals surface area contributed by atoms with Crippen LogP contribution in [-0.2, 0) is 76.3 Å². The number of non-ortho nitro benzene ring substituents is 1. The maximum atomic E-state index is 11.7. The van der Waals surface area contributed by atoms with Crippen molar-refractivity contribution in [2.45, 2.75) is 222 Å². The summed E-state index contributed by atoms with van der Waals surface area (Å²) in [7, 11) is 3.07. The summed E-state index contributed by atoms with van der Waals surface area (Å²) >= 11 is 0. The van der Waals surface area contributed by atoms with Crippen LogP contribution in [0.5, 0.6) is 34.5 Å². The van der Waals surface area contributed by atoms with E-state index in [1.165, 1.54) is 41.0 Å². The van der Waals surface area contributed by atoms with Crippen LogP contribution in [0.15, 0.2) is 267 Å². The molecule has 0 spiro atoms. The van der Waals surface area contributed by atoms with Crippen molar-refractivity contribution in [1.82, 2.24) is 0 Å². The van der Waals surface area contributed by atoms with Crippen LogP contribution in [-0.4, -0.2) is 54.0 Å². The van der Waals surface area contributed by atoms with Crippen LogP contribution in [0.2, 0.25) is 0 Å². The first-order chi connectivity index (χ1) is 66.6. The van der Waals surface area contributed by atoms with Gasteiger partial charge in [-0.1, -0.05) is 317 Å². The van der Waals surface area contributed by atoms with Crippen molar-refractivity contribution >= 4 is 52.7 Å². The number of hydrogen-bond acceptors (Lipinski definition) is 16. The van der Waals surface area contributed by atoms with Crippen molar-refractivity contribution in [3.63, 3.8) is 0 Å². The third-order valence-corrected chi connectivity index (χ3v) is 22.2. The molecule has 0 amide bonds. The molecule has 0 aliphatic heterocycles. The van der Waals surface area contributed by atoms with Crippen molar-refractivity contribution in [1.29, 1.82) is 5.26 Å². The van der Waals surface area contributed by atoms with E-state index in [0.29, 0.717) is 123 Å². The number of hydrogen-bond donors (Lipinski definition) is 0. The quantitative estimate of drug-likeness (QED) is 0.0114. The minimum absolute atomic E-state index is 0.0745. The van der Waals surface area contributed by atoms with Gasteiger partial charge in [-0.15, -0.1) is 0 Å². The minimum atomic E-state index is -0.392. The standard InChI is InChI=1S/C21H23NO2.C21H26O3.C21H26O2.C20H23NO4.C20H22O2.C19H22O2/c1-4-20(23)18-8-5-16(6-9-18)14-24-21-10-7-17(13-22)12-19(21)11-15(2)3;1-5-20(22)17-8-6-16(7-9-17)14-24-21-11-10-19(23-4)13-18(21)12-15(2)3;1-5-20(22)18-9-7-17(8-10-18)14-23-21-11-6-16(4)13-19(21)12-15(2)3;1-4-19(22)16-7-5-15(6-8-16)13-25-20-10-9-18(21(23)24)12-17(20)11-14(2)3;1-15(2)14-19-7-5-4-6-17(19)11-8-16-9-12-18(13-10-16)20(21)22-3;1-14(2)12-18-6-4-5-7-19(18)21-13-16-8-10-17(11-9-16)15(3)20/h5-10,12,15H,4,11,14H2,1-3H3;6-11,13,15H,5,12,14H2,1-4H3;6-11,13,15H,5,12,14H2,1-4H3;5-10,12,14H,4,11,13H2,1-3H3;4-13,15H,14H2,1-3H3;4-11,14H,12-13H2,1-3H3/b;;;;11-8+;. The third-order valence-electron chi connectivity index (χ3n) is 22.2. The Kier molecular flexibility index (Phi) is 47.6. The van der Waals surface area contributed by atoms with Crippen LogP contribution < -0.4 is 28.4 Å². The number of nitriles is 1. The van der Waals surface area contributed by atoms with Gasteiger partial charge >= 0.3 is 5.97 Å². The second-order valence-corrected chi connectivity index (χ2v) is 37.0. The third kappa shape index (κ3) is 39.5. The van der Waals surface area contributed by atoms with E-state index in [1.54, 1.807) is 56.5 Å². The largest absolute Gasteiger partial charge is 0.497 e. The molecule has 12 aromatic carbocycles. The van der Waals surface area contributed by atoms with E-state index in [-0.39, 0.29) is 40.6 Å². The zero-order chi connectivity index (χ0) is 101. The monoisotopic (exact) mass is 1880 g/mol. The molecule has 0 bridgehead atoms. The SMILES string of the molecule is CC(=O)c1ccc(COc2ccccc2CC(C)C)cc1.CCC(=O)c1ccc(COc2ccc(C#N)cc2CC(C)C)cc1.CCC(=O)c1ccc(COc2ccc(C)cc2CC(C)C)cc1.CCC(=O)c1ccc(COc2ccc(OC)cc2CC(C)C)cc1.CCC(=O)c1ccc(COc2ccc([N+](=O)[O-])cc2CC(C)C)cc1.COC(=O)c1ccc(/C=C/c2ccccc2CC(C)C)cc1. The number of methoxy groups -OCH3 is 2. The smallest absolute Gasteiger partial charge is 0.337 e. The van der Waals surface area contributed by atoms with Crippen molar-refractivity contribution in [3.8, 4) is 40.6 Å². The topological polar surface area (TPSA) is 234 Å². The summed E-state index contributed by atoms with van der Waals surface area (Å²) in [5, 5.41) is 20.0. The Hall–Kier alpha value is -14.1. The Morgan fingerprint density at radius 1 is 0.345 bits per heavy atom. The highest BCUT2D eigenvalue weighted by Crippen LogP contribution is 2.33. The van der Waals surface area contributed by atoms with E-state index in [4.69, 9.17) is 38.4 Å². The summed E-state index contributed by atoms with van der Waals surface area (Å²) in [6.07, 6.45) is 11.9. The normalized spacial score (nSPS) is 10.7. The highest BCUT2D eigenvalue weighted by atomic mass is 16.6. The van der Waals surface area contributed by atoms with Crippen LogP contribution in [0.1, 0.15) is 289 Å². The fourth-order valence-corrected chi connectivity index (χ4v) is 14.9. The average molecular weight is 1880 g/mol. The molecule has 0 radical (unpaired) electrons. The molecule has 0 aliphatic rings. The van der Waals surface area contributed by atoms with Crippen LogP contribution in [0, 0.1) is 63.9 Å². The highest BCUT2D eigenvalue weighted by molar-refractivity contribution is 5.98. The van der Waals surface area contributed by atoms with E-state index in [9.17, 15) is 38.9 Å². The zero-order valence-corrected chi connectivity index (χ0v) is 85.1. The maximum absolute atomic E-state index is 11.7. The molecule has 0 saturated carbocycles. The van der Waals surface area contributed by atoms with E-state index in [0.717, 1.165) is 133 Å². The summed E-state index contributed by atoms with van der Waals surface area (Å²) in [5.74, 6) is 8.72. The summed E-state index contributed by atoms with van der Waals surface area (Å²) in [4.78, 5) is 79.9. The molecule has 12 rings (SSSR count). The number of esters is 1. The van der Waals surface area contributed by atoms with Gasteiger partial charge in [-0.25, -0.2) is 4.79 Å². The Labute approximate surface area is 825 Å². The van der Waals surface area contributed by atoms with Gasteiger partial charge in [0.05, 0.1) is 36.3 Å². The molecule has 0 aromatic heterocycles. The number of nitrogens with zero attached hydrogens (tertiary/aromatic N) is 2. The lowest BCUT2D eigenvalue weighted by Crippen LogP contribution is -2.03. The number of Topliss-reactive ketones (excluding diaryl/α,β-unsaturated/α-hetero) is 5. The van der Waals surface area contributed by atoms with Crippen LogP contribution in [0.4, 0.5) is 5.69 Å². The van der Waals surface area contributed by atoms with Gasteiger partial charge < -0.3 is 33.2 Å². The molecule has 12 aromatic rings. The minimum Gasteiger partial charge on any atom is -0.497 e. The van der Waals surface area contributed by atoms with Gasteiger partial charge in [0.1, 0.15) is 67.5 Å². The van der Waals surface area contributed by atoms with Gasteiger partial charge in [-0.3, -0.25) is 34.1 Å². The Bertz CT molecular complexity index is 5960. The Morgan fingerprint density at radius 2 is 0.662 bits per heavy atom. The number of benzene rings is 12. The molecular weight excluding hydrogens is 1730 g/mol. The highest BCUT2D eigenvalue weighted by Gasteiger charge is 2.18. The van der Waals surface area contributed by atoms with Crippen molar-refractivity contribution in [3.05, 3.63) is 394 Å². The number of ketones is 5. The van der Waals surface area contributed by atoms with Gasteiger partial charge in [0.15, 0.2) is 28.9 Å². The van der Waals surface area contributed by atoms with Gasteiger partial charge in [0.25, 0.3) is 5.69 Å². The van der Waals surface area contributed by atoms with Gasteiger partial charge in [-0.05, 0) is 221 Å². The predicted octanol–water partition coefficient (Wildman–Crippen LogP) is 29.8. The number of carbonyl (C=O) groups excluding carboxylic acids is 6. The van der Waals surface area contributed by atoms with E-state index >= 15 is 0 Å². The number of para-hydroxylation sites is 1. The average Bonchev–Trinajstić information content (AvgIpc) is 0.830. The van der Waals surface area contributed by atoms with Gasteiger partial charge in [-0.2, -0.15) is 5.26 Å². The van der Waals surface area contributed by atoms with Crippen LogP contribution in [0.25, 0.3) is 12.2 Å². The van der Waals surface area contributed by atoms with Crippen molar-refractivity contribution < 1.29 is 66.8 Å². The van der Waals surface area contributed by atoms with Crippen molar-refractivity contribution in [2.24, 2.45) is 35.5 Å². The van der Waals surface area contributed by atoms with Crippen molar-refractivity contribution in [2.75, 3.05) is 14.2 Å². The predicted molar refractivity (Wildman–Crippen MR) is 562 cm³/mol. The summed E-state index contributed by atoms with van der Waals surface area (Å²) in [6.45, 7) is 39.6. The number of aryl methyl sites for hydroxylation is 1. The molecule has 0 fully saturated rings. The second kappa shape index (κ2) is 59.1. The fourth-order valence-electron chi connectivity index (χ4n) is 14.9. The first kappa shape index (κ1) is 112. The van der Waals surface area contributed by atoms with E-state index in [2.05, 4.69) is 157 Å². The molecule has 0 saturated heterocycles. The van der Waals surface area contributed by atoms with Crippen LogP contribution >= 0.6 is 0 Å². The zero-order valence-electron chi connectivity index (χ0n) is 85.1. The molecule has 139 heavy (non-hydrogen) atoms.